The predicted molar refractivity (Wildman–Crippen MR) is 84.6 cm³/mol. The highest BCUT2D eigenvalue weighted by molar-refractivity contribution is 5.67. The lowest BCUT2D eigenvalue weighted by atomic mass is 10.00. The van der Waals surface area contributed by atoms with Crippen molar-refractivity contribution in [3.8, 4) is 11.1 Å². The van der Waals surface area contributed by atoms with Gasteiger partial charge in [-0.1, -0.05) is 54.6 Å². The van der Waals surface area contributed by atoms with E-state index in [1.54, 1.807) is 0 Å². The van der Waals surface area contributed by atoms with Crippen LogP contribution in [0.1, 0.15) is 18.4 Å². The second-order valence-electron chi connectivity index (χ2n) is 5.45. The zero-order chi connectivity index (χ0) is 13.6. The van der Waals surface area contributed by atoms with Gasteiger partial charge in [0.05, 0.1) is 0 Å². The fraction of sp³-hybridized carbons (Fsp3) is 0.333. The number of nitrogens with one attached hydrogen (secondary N) is 2. The zero-order valence-corrected chi connectivity index (χ0v) is 11.8. The first kappa shape index (κ1) is 13.3. The Morgan fingerprint density at radius 1 is 1.00 bits per heavy atom. The molecule has 1 aliphatic rings. The molecular weight excluding hydrogens is 244 g/mol. The molecule has 1 fully saturated rings. The number of hydrogen-bond donors (Lipinski definition) is 2. The quantitative estimate of drug-likeness (QED) is 0.868. The van der Waals surface area contributed by atoms with E-state index >= 15 is 0 Å². The Morgan fingerprint density at radius 3 is 2.60 bits per heavy atom. The maximum Gasteiger partial charge on any atom is 0.0212 e. The van der Waals surface area contributed by atoms with Crippen molar-refractivity contribution in [3.63, 3.8) is 0 Å². The summed E-state index contributed by atoms with van der Waals surface area (Å²) in [7, 11) is 0. The van der Waals surface area contributed by atoms with Gasteiger partial charge in [0.15, 0.2) is 0 Å². The van der Waals surface area contributed by atoms with Gasteiger partial charge in [-0.15, -0.1) is 0 Å². The Morgan fingerprint density at radius 2 is 1.80 bits per heavy atom. The minimum atomic E-state index is 0.652. The average molecular weight is 266 g/mol. The Hall–Kier alpha value is -1.64. The van der Waals surface area contributed by atoms with Crippen LogP contribution >= 0.6 is 0 Å². The van der Waals surface area contributed by atoms with E-state index in [1.807, 2.05) is 0 Å². The van der Waals surface area contributed by atoms with Gasteiger partial charge >= 0.3 is 0 Å². The van der Waals surface area contributed by atoms with E-state index in [9.17, 15) is 0 Å². The van der Waals surface area contributed by atoms with E-state index < -0.39 is 0 Å². The summed E-state index contributed by atoms with van der Waals surface area (Å²) in [5.74, 6) is 0. The molecular formula is C18H22N2. The first-order valence-electron chi connectivity index (χ1n) is 7.51. The summed E-state index contributed by atoms with van der Waals surface area (Å²) >= 11 is 0. The van der Waals surface area contributed by atoms with Crippen molar-refractivity contribution in [1.29, 1.82) is 0 Å². The third-order valence-corrected chi connectivity index (χ3v) is 3.97. The van der Waals surface area contributed by atoms with Crippen molar-refractivity contribution in [1.82, 2.24) is 10.6 Å². The van der Waals surface area contributed by atoms with Gasteiger partial charge in [0.2, 0.25) is 0 Å². The largest absolute Gasteiger partial charge is 0.313 e. The van der Waals surface area contributed by atoms with Crippen molar-refractivity contribution in [3.05, 3.63) is 60.2 Å². The van der Waals surface area contributed by atoms with Crippen LogP contribution in [0.2, 0.25) is 0 Å². The molecule has 2 aromatic carbocycles. The van der Waals surface area contributed by atoms with Gasteiger partial charge in [0.25, 0.3) is 0 Å². The van der Waals surface area contributed by atoms with Crippen LogP contribution in [0.3, 0.4) is 0 Å². The highest BCUT2D eigenvalue weighted by Gasteiger charge is 2.13. The molecule has 2 heteroatoms. The number of benzene rings is 2. The molecule has 2 nitrogen and oxygen atoms in total. The molecule has 3 rings (SSSR count). The Labute approximate surface area is 121 Å². The van der Waals surface area contributed by atoms with Crippen molar-refractivity contribution in [2.75, 3.05) is 13.1 Å². The van der Waals surface area contributed by atoms with Crippen LogP contribution in [0.4, 0.5) is 0 Å². The van der Waals surface area contributed by atoms with E-state index in [0.717, 1.165) is 13.1 Å². The van der Waals surface area contributed by atoms with Gasteiger partial charge < -0.3 is 10.6 Å². The highest BCUT2D eigenvalue weighted by atomic mass is 15.0. The van der Waals surface area contributed by atoms with E-state index in [-0.39, 0.29) is 0 Å². The highest BCUT2D eigenvalue weighted by Crippen LogP contribution is 2.23. The van der Waals surface area contributed by atoms with Crippen LogP contribution in [0.25, 0.3) is 11.1 Å². The van der Waals surface area contributed by atoms with Gasteiger partial charge in [-0.05, 0) is 36.1 Å². The van der Waals surface area contributed by atoms with E-state index in [0.29, 0.717) is 6.04 Å². The smallest absolute Gasteiger partial charge is 0.0212 e. The second kappa shape index (κ2) is 6.69. The Bertz CT molecular complexity index is 530. The fourth-order valence-electron chi connectivity index (χ4n) is 2.89. The van der Waals surface area contributed by atoms with Crippen molar-refractivity contribution >= 4 is 0 Å². The second-order valence-corrected chi connectivity index (χ2v) is 5.45. The normalized spacial score (nSPS) is 18.3. The van der Waals surface area contributed by atoms with Crippen LogP contribution in [0.5, 0.6) is 0 Å². The minimum Gasteiger partial charge on any atom is -0.313 e. The molecule has 1 aliphatic heterocycles. The van der Waals surface area contributed by atoms with E-state index in [1.165, 1.54) is 36.1 Å². The van der Waals surface area contributed by atoms with Crippen LogP contribution in [-0.4, -0.2) is 19.1 Å². The number of rotatable bonds is 5. The predicted octanol–water partition coefficient (Wildman–Crippen LogP) is 3.20. The molecule has 0 spiro atoms. The SMILES string of the molecule is c1ccc(-c2ccccc2CNC[C@@H]2CCCN2)cc1. The molecule has 0 radical (unpaired) electrons. The summed E-state index contributed by atoms with van der Waals surface area (Å²) in [6.45, 7) is 3.17. The van der Waals surface area contributed by atoms with Crippen LogP contribution in [-0.2, 0) is 6.54 Å². The molecule has 20 heavy (non-hydrogen) atoms. The summed E-state index contributed by atoms with van der Waals surface area (Å²) in [4.78, 5) is 0. The van der Waals surface area contributed by atoms with Crippen LogP contribution in [0, 0.1) is 0 Å². The summed E-state index contributed by atoms with van der Waals surface area (Å²) in [6, 6.07) is 19.9. The number of hydrogen-bond acceptors (Lipinski definition) is 2. The maximum absolute atomic E-state index is 3.59. The minimum absolute atomic E-state index is 0.652. The molecule has 0 unspecified atom stereocenters. The third kappa shape index (κ3) is 3.27. The molecule has 104 valence electrons. The molecule has 2 N–H and O–H groups in total. The van der Waals surface area contributed by atoms with Gasteiger partial charge in [-0.3, -0.25) is 0 Å². The monoisotopic (exact) mass is 266 g/mol. The first-order valence-corrected chi connectivity index (χ1v) is 7.51. The molecule has 0 bridgehead atoms. The van der Waals surface area contributed by atoms with E-state index in [2.05, 4.69) is 65.2 Å². The summed E-state index contributed by atoms with van der Waals surface area (Å²) < 4.78 is 0. The molecule has 2 aromatic rings. The van der Waals surface area contributed by atoms with Gasteiger partial charge in [0, 0.05) is 19.1 Å². The molecule has 0 aromatic heterocycles. The van der Waals surface area contributed by atoms with E-state index in [4.69, 9.17) is 0 Å². The lowest BCUT2D eigenvalue weighted by Crippen LogP contribution is -2.33. The lowest BCUT2D eigenvalue weighted by Gasteiger charge is -2.14. The summed E-state index contributed by atoms with van der Waals surface area (Å²) in [5, 5.41) is 7.12. The van der Waals surface area contributed by atoms with Crippen molar-refractivity contribution < 1.29 is 0 Å². The van der Waals surface area contributed by atoms with Gasteiger partial charge in [-0.25, -0.2) is 0 Å². The molecule has 1 atom stereocenters. The maximum atomic E-state index is 3.59. The molecule has 1 saturated heterocycles. The Kier molecular flexibility index (Phi) is 4.46. The van der Waals surface area contributed by atoms with Gasteiger partial charge in [-0.2, -0.15) is 0 Å². The standard InChI is InChI=1S/C18H22N2/c1-2-7-15(8-3-1)18-11-5-4-9-16(18)13-19-14-17-10-6-12-20-17/h1-5,7-9,11,17,19-20H,6,10,12-14H2/t17-/m0/s1. The van der Waals surface area contributed by atoms with Crippen LogP contribution < -0.4 is 10.6 Å². The zero-order valence-electron chi connectivity index (χ0n) is 11.8. The van der Waals surface area contributed by atoms with Crippen molar-refractivity contribution in [2.45, 2.75) is 25.4 Å². The molecule has 1 heterocycles. The summed E-state index contributed by atoms with van der Waals surface area (Å²) in [6.07, 6.45) is 2.61. The Balaban J connectivity index is 1.67. The fourth-order valence-corrected chi connectivity index (χ4v) is 2.89. The summed E-state index contributed by atoms with van der Waals surface area (Å²) in [5.41, 5.74) is 4.00. The molecule has 0 aliphatic carbocycles. The third-order valence-electron chi connectivity index (χ3n) is 3.97. The van der Waals surface area contributed by atoms with Crippen LogP contribution in [0.15, 0.2) is 54.6 Å². The van der Waals surface area contributed by atoms with Crippen molar-refractivity contribution in [2.24, 2.45) is 0 Å². The van der Waals surface area contributed by atoms with Gasteiger partial charge in [0.1, 0.15) is 0 Å². The molecule has 0 saturated carbocycles. The molecule has 0 amide bonds. The lowest BCUT2D eigenvalue weighted by molar-refractivity contribution is 0.536. The topological polar surface area (TPSA) is 24.1 Å². The first-order chi connectivity index (χ1) is 9.93. The average Bonchev–Trinajstić information content (AvgIpc) is 3.02.